The van der Waals surface area contributed by atoms with Gasteiger partial charge < -0.3 is 5.32 Å². The molecule has 0 aliphatic heterocycles. The first-order valence-corrected chi connectivity index (χ1v) is 9.72. The van der Waals surface area contributed by atoms with E-state index in [1.54, 1.807) is 12.1 Å². The van der Waals surface area contributed by atoms with Crippen LogP contribution in [0, 0.1) is 0 Å². The Kier molecular flexibility index (Phi) is 7.40. The summed E-state index contributed by atoms with van der Waals surface area (Å²) in [6.07, 6.45) is 3.96. The summed E-state index contributed by atoms with van der Waals surface area (Å²) in [6, 6.07) is 7.29. The smallest absolute Gasteiger partial charge is 0.240 e. The van der Waals surface area contributed by atoms with Gasteiger partial charge in [-0.15, -0.1) is 0 Å². The zero-order valence-electron chi connectivity index (χ0n) is 12.3. The summed E-state index contributed by atoms with van der Waals surface area (Å²) in [5.41, 5.74) is 0.952. The van der Waals surface area contributed by atoms with Crippen LogP contribution in [0.2, 0.25) is 0 Å². The Morgan fingerprint density at radius 3 is 2.45 bits per heavy atom. The van der Waals surface area contributed by atoms with E-state index < -0.39 is 10.0 Å². The van der Waals surface area contributed by atoms with E-state index in [4.69, 9.17) is 0 Å². The molecule has 1 atom stereocenters. The Morgan fingerprint density at radius 2 is 1.90 bits per heavy atom. The van der Waals surface area contributed by atoms with Gasteiger partial charge >= 0.3 is 0 Å². The molecule has 0 bridgehead atoms. The average Bonchev–Trinajstić information content (AvgIpc) is 2.43. The number of hydrogen-bond donors (Lipinski definition) is 2. The third-order valence-electron chi connectivity index (χ3n) is 2.87. The molecule has 6 heteroatoms. The fourth-order valence-electron chi connectivity index (χ4n) is 1.70. The van der Waals surface area contributed by atoms with Gasteiger partial charge in [0.1, 0.15) is 0 Å². The standard InChI is InChI=1S/C14H24N2O2S2/c1-4-10-15-20(17,18)14-7-5-13(6-8-14)16-12(2)9-11-19-3/h5-8,12,15-16H,4,9-11H2,1-3H3. The predicted molar refractivity (Wildman–Crippen MR) is 88.0 cm³/mol. The fraction of sp³-hybridized carbons (Fsp3) is 0.571. The summed E-state index contributed by atoms with van der Waals surface area (Å²) in [7, 11) is -3.36. The molecule has 0 saturated heterocycles. The number of hydrogen-bond acceptors (Lipinski definition) is 4. The van der Waals surface area contributed by atoms with Crippen LogP contribution in [-0.4, -0.2) is 33.0 Å². The van der Waals surface area contributed by atoms with Gasteiger partial charge in [-0.2, -0.15) is 11.8 Å². The lowest BCUT2D eigenvalue weighted by Crippen LogP contribution is -2.24. The zero-order chi connectivity index (χ0) is 15.0. The summed E-state index contributed by atoms with van der Waals surface area (Å²) in [5, 5.41) is 3.37. The molecule has 114 valence electrons. The minimum absolute atomic E-state index is 0.313. The van der Waals surface area contributed by atoms with Crippen molar-refractivity contribution in [3.05, 3.63) is 24.3 Å². The van der Waals surface area contributed by atoms with E-state index in [0.717, 1.165) is 24.3 Å². The maximum Gasteiger partial charge on any atom is 0.240 e. The van der Waals surface area contributed by atoms with Gasteiger partial charge in [-0.3, -0.25) is 0 Å². The largest absolute Gasteiger partial charge is 0.383 e. The second-order valence-electron chi connectivity index (χ2n) is 4.75. The number of benzene rings is 1. The summed E-state index contributed by atoms with van der Waals surface area (Å²) in [5.74, 6) is 1.11. The van der Waals surface area contributed by atoms with E-state index in [-0.39, 0.29) is 0 Å². The normalized spacial score (nSPS) is 13.2. The van der Waals surface area contributed by atoms with Crippen LogP contribution < -0.4 is 10.0 Å². The first-order chi connectivity index (χ1) is 9.49. The van der Waals surface area contributed by atoms with Gasteiger partial charge in [0.05, 0.1) is 4.90 Å². The third kappa shape index (κ3) is 5.73. The van der Waals surface area contributed by atoms with Crippen LogP contribution in [0.1, 0.15) is 26.7 Å². The number of thioether (sulfide) groups is 1. The van der Waals surface area contributed by atoms with E-state index in [0.29, 0.717) is 17.5 Å². The summed E-state index contributed by atoms with van der Waals surface area (Å²) >= 11 is 1.83. The predicted octanol–water partition coefficient (Wildman–Crippen LogP) is 2.93. The fourth-order valence-corrected chi connectivity index (χ4v) is 3.42. The molecule has 4 nitrogen and oxygen atoms in total. The minimum Gasteiger partial charge on any atom is -0.383 e. The maximum atomic E-state index is 11.9. The lowest BCUT2D eigenvalue weighted by atomic mass is 10.2. The number of anilines is 1. The molecule has 1 rings (SSSR count). The Bertz CT molecular complexity index is 486. The molecule has 0 aliphatic rings. The Labute approximate surface area is 126 Å². The Morgan fingerprint density at radius 1 is 1.25 bits per heavy atom. The lowest BCUT2D eigenvalue weighted by molar-refractivity contribution is 0.581. The van der Waals surface area contributed by atoms with Crippen LogP contribution in [0.25, 0.3) is 0 Å². The first-order valence-electron chi connectivity index (χ1n) is 6.84. The summed E-state index contributed by atoms with van der Waals surface area (Å²) in [4.78, 5) is 0.313. The van der Waals surface area contributed by atoms with Gasteiger partial charge in [0, 0.05) is 18.3 Å². The number of nitrogens with one attached hydrogen (secondary N) is 2. The molecule has 0 spiro atoms. The first kappa shape index (κ1) is 17.3. The molecule has 0 radical (unpaired) electrons. The molecule has 0 aromatic heterocycles. The molecule has 1 unspecified atom stereocenters. The van der Waals surface area contributed by atoms with Crippen LogP contribution in [0.5, 0.6) is 0 Å². The molecule has 0 aliphatic carbocycles. The monoisotopic (exact) mass is 316 g/mol. The molecule has 0 saturated carbocycles. The van der Waals surface area contributed by atoms with Gasteiger partial charge in [-0.25, -0.2) is 13.1 Å². The zero-order valence-corrected chi connectivity index (χ0v) is 14.0. The minimum atomic E-state index is -3.36. The van der Waals surface area contributed by atoms with E-state index in [1.807, 2.05) is 30.8 Å². The second-order valence-corrected chi connectivity index (χ2v) is 7.50. The topological polar surface area (TPSA) is 58.2 Å². The average molecular weight is 316 g/mol. The maximum absolute atomic E-state index is 11.9. The van der Waals surface area contributed by atoms with Crippen molar-refractivity contribution in [2.75, 3.05) is 23.9 Å². The highest BCUT2D eigenvalue weighted by Crippen LogP contribution is 2.15. The van der Waals surface area contributed by atoms with Gasteiger partial charge in [-0.05, 0) is 56.0 Å². The van der Waals surface area contributed by atoms with E-state index in [9.17, 15) is 8.42 Å². The highest BCUT2D eigenvalue weighted by molar-refractivity contribution is 7.98. The molecule has 0 amide bonds. The summed E-state index contributed by atoms with van der Waals surface area (Å²) in [6.45, 7) is 4.53. The Hall–Kier alpha value is -0.720. The van der Waals surface area contributed by atoms with Gasteiger partial charge in [0.25, 0.3) is 0 Å². The van der Waals surface area contributed by atoms with Crippen LogP contribution in [0.3, 0.4) is 0 Å². The second kappa shape index (κ2) is 8.54. The van der Waals surface area contributed by atoms with Crippen LogP contribution in [0.4, 0.5) is 5.69 Å². The quantitative estimate of drug-likeness (QED) is 0.735. The third-order valence-corrected chi connectivity index (χ3v) is 5.00. The Balaban J connectivity index is 2.64. The molecule has 2 N–H and O–H groups in total. The van der Waals surface area contributed by atoms with Gasteiger partial charge in [-0.1, -0.05) is 6.92 Å². The van der Waals surface area contributed by atoms with Crippen molar-refractivity contribution >= 4 is 27.5 Å². The van der Waals surface area contributed by atoms with Crippen molar-refractivity contribution < 1.29 is 8.42 Å². The molecule has 1 aromatic rings. The molecule has 20 heavy (non-hydrogen) atoms. The van der Waals surface area contributed by atoms with Crippen molar-refractivity contribution in [3.8, 4) is 0 Å². The molecule has 1 aromatic carbocycles. The van der Waals surface area contributed by atoms with Crippen molar-refractivity contribution in [3.63, 3.8) is 0 Å². The van der Waals surface area contributed by atoms with Crippen LogP contribution >= 0.6 is 11.8 Å². The van der Waals surface area contributed by atoms with E-state index in [1.165, 1.54) is 0 Å². The van der Waals surface area contributed by atoms with Crippen LogP contribution in [-0.2, 0) is 10.0 Å². The highest BCUT2D eigenvalue weighted by Gasteiger charge is 2.12. The summed E-state index contributed by atoms with van der Waals surface area (Å²) < 4.78 is 26.4. The van der Waals surface area contributed by atoms with E-state index >= 15 is 0 Å². The molecule has 0 fully saturated rings. The lowest BCUT2D eigenvalue weighted by Gasteiger charge is -2.15. The van der Waals surface area contributed by atoms with Gasteiger partial charge in [0.15, 0.2) is 0 Å². The number of rotatable bonds is 9. The van der Waals surface area contributed by atoms with Crippen molar-refractivity contribution in [2.24, 2.45) is 0 Å². The van der Waals surface area contributed by atoms with Gasteiger partial charge in [0.2, 0.25) is 10.0 Å². The van der Waals surface area contributed by atoms with Crippen molar-refractivity contribution in [2.45, 2.75) is 37.6 Å². The van der Waals surface area contributed by atoms with Crippen molar-refractivity contribution in [1.82, 2.24) is 4.72 Å². The SMILES string of the molecule is CCCNS(=O)(=O)c1ccc(NC(C)CCSC)cc1. The van der Waals surface area contributed by atoms with Crippen LogP contribution in [0.15, 0.2) is 29.2 Å². The molecular formula is C14H24N2O2S2. The number of sulfonamides is 1. The molecule has 0 heterocycles. The van der Waals surface area contributed by atoms with Crippen molar-refractivity contribution in [1.29, 1.82) is 0 Å². The highest BCUT2D eigenvalue weighted by atomic mass is 32.2. The van der Waals surface area contributed by atoms with E-state index in [2.05, 4.69) is 23.2 Å². The molecular weight excluding hydrogens is 292 g/mol.